The summed E-state index contributed by atoms with van der Waals surface area (Å²) in [6.45, 7) is 4.19. The highest BCUT2D eigenvalue weighted by Gasteiger charge is 2.52. The molecule has 0 saturated carbocycles. The lowest BCUT2D eigenvalue weighted by Crippen LogP contribution is -2.26. The molecule has 0 bridgehead atoms. The van der Waals surface area contributed by atoms with Crippen LogP contribution in [0.3, 0.4) is 0 Å². The molecule has 0 amide bonds. The van der Waals surface area contributed by atoms with Gasteiger partial charge in [-0.15, -0.1) is 0 Å². The molecule has 0 aliphatic heterocycles. The normalized spacial score (nSPS) is 12.5. The second-order valence-electron chi connectivity index (χ2n) is 16.1. The summed E-state index contributed by atoms with van der Waals surface area (Å²) < 4.78 is 0. The molecule has 0 atom stereocenters. The Labute approximate surface area is 356 Å². The zero-order valence-electron chi connectivity index (χ0n) is 33.8. The molecule has 0 fully saturated rings. The van der Waals surface area contributed by atoms with Crippen LogP contribution in [0, 0.1) is 36.5 Å². The van der Waals surface area contributed by atoms with E-state index in [4.69, 9.17) is 0 Å². The summed E-state index contributed by atoms with van der Waals surface area (Å²) in [4.78, 5) is 4.42. The summed E-state index contributed by atoms with van der Waals surface area (Å²) in [6.07, 6.45) is 0. The molecule has 11 rings (SSSR count). The number of para-hydroxylation sites is 2. The van der Waals surface area contributed by atoms with Gasteiger partial charge in [-0.05, 0) is 154 Å². The minimum atomic E-state index is -0.615. The van der Waals surface area contributed by atoms with E-state index in [1.165, 1.54) is 55.6 Å². The van der Waals surface area contributed by atoms with Crippen molar-refractivity contribution in [1.29, 1.82) is 10.5 Å². The number of aryl methyl sites for hydroxylation is 2. The van der Waals surface area contributed by atoms with Crippen LogP contribution in [0.25, 0.3) is 33.0 Å². The Kier molecular flexibility index (Phi) is 8.24. The molecular formula is C57H38N4. The molecule has 9 aromatic rings. The van der Waals surface area contributed by atoms with E-state index >= 15 is 0 Å². The molecule has 4 nitrogen and oxygen atoms in total. The number of nitrogens with zero attached hydrogens (tertiary/aromatic N) is 4. The van der Waals surface area contributed by atoms with Crippen molar-refractivity contribution in [2.45, 2.75) is 19.3 Å². The summed E-state index contributed by atoms with van der Waals surface area (Å²) in [5.41, 5.74) is 18.4. The van der Waals surface area contributed by atoms with Gasteiger partial charge in [0, 0.05) is 22.7 Å². The fourth-order valence-electron chi connectivity index (χ4n) is 9.90. The van der Waals surface area contributed by atoms with E-state index in [0.717, 1.165) is 44.9 Å². The van der Waals surface area contributed by atoms with E-state index in [9.17, 15) is 10.5 Å². The SMILES string of the molecule is Cc1ccc(N(c2ccc3c(c2)C2(c4ccccc4-c4ccccc42)c2cc4cc(N(c5ccc(C)cc5)c5ccccc5C#N)ccc4cc2-3)c2ccccc2C#N)cc1. The van der Waals surface area contributed by atoms with E-state index in [1.54, 1.807) is 0 Å². The fourth-order valence-corrected chi connectivity index (χ4v) is 9.90. The minimum absolute atomic E-state index is 0.609. The van der Waals surface area contributed by atoms with Crippen molar-refractivity contribution >= 4 is 44.9 Å². The van der Waals surface area contributed by atoms with Gasteiger partial charge in [-0.1, -0.05) is 120 Å². The highest BCUT2D eigenvalue weighted by atomic mass is 15.1. The molecule has 9 aromatic carbocycles. The van der Waals surface area contributed by atoms with Crippen molar-refractivity contribution in [3.05, 3.63) is 239 Å². The Bertz CT molecular complexity index is 3260. The Morgan fingerprint density at radius 2 is 0.803 bits per heavy atom. The predicted molar refractivity (Wildman–Crippen MR) is 249 cm³/mol. The van der Waals surface area contributed by atoms with E-state index in [2.05, 4.69) is 181 Å². The minimum Gasteiger partial charge on any atom is -0.309 e. The third-order valence-electron chi connectivity index (χ3n) is 12.6. The highest BCUT2D eigenvalue weighted by Crippen LogP contribution is 2.64. The maximum absolute atomic E-state index is 10.4. The summed E-state index contributed by atoms with van der Waals surface area (Å²) in [7, 11) is 0. The topological polar surface area (TPSA) is 54.1 Å². The number of hydrogen-bond acceptors (Lipinski definition) is 4. The van der Waals surface area contributed by atoms with Crippen LogP contribution in [0.5, 0.6) is 0 Å². The average molecular weight is 779 g/mol. The van der Waals surface area contributed by atoms with Crippen LogP contribution < -0.4 is 9.80 Å². The monoisotopic (exact) mass is 778 g/mol. The molecule has 0 heterocycles. The van der Waals surface area contributed by atoms with Gasteiger partial charge in [0.2, 0.25) is 0 Å². The molecule has 0 aromatic heterocycles. The van der Waals surface area contributed by atoms with Gasteiger partial charge in [0.15, 0.2) is 0 Å². The van der Waals surface area contributed by atoms with E-state index in [0.29, 0.717) is 11.1 Å². The van der Waals surface area contributed by atoms with Gasteiger partial charge < -0.3 is 9.80 Å². The Balaban J connectivity index is 1.18. The first-order valence-corrected chi connectivity index (χ1v) is 20.6. The molecule has 0 saturated heterocycles. The van der Waals surface area contributed by atoms with Crippen molar-refractivity contribution < 1.29 is 0 Å². The number of anilines is 6. The third kappa shape index (κ3) is 5.44. The molecule has 0 unspecified atom stereocenters. The summed E-state index contributed by atoms with van der Waals surface area (Å²) in [5.74, 6) is 0. The van der Waals surface area contributed by atoms with Gasteiger partial charge >= 0.3 is 0 Å². The van der Waals surface area contributed by atoms with Gasteiger partial charge in [0.1, 0.15) is 12.1 Å². The lowest BCUT2D eigenvalue weighted by molar-refractivity contribution is 0.795. The van der Waals surface area contributed by atoms with Crippen LogP contribution >= 0.6 is 0 Å². The molecule has 4 heteroatoms. The zero-order chi connectivity index (χ0) is 41.2. The smallest absolute Gasteiger partial charge is 0.101 e. The summed E-state index contributed by atoms with van der Waals surface area (Å²) >= 11 is 0. The first kappa shape index (κ1) is 35.9. The Morgan fingerprint density at radius 1 is 0.361 bits per heavy atom. The van der Waals surface area contributed by atoms with Crippen molar-refractivity contribution in [3.8, 4) is 34.4 Å². The Hall–Kier alpha value is -8.18. The summed E-state index contributed by atoms with van der Waals surface area (Å²) in [6, 6.07) is 73.7. The lowest BCUT2D eigenvalue weighted by atomic mass is 9.70. The second-order valence-corrected chi connectivity index (χ2v) is 16.1. The van der Waals surface area contributed by atoms with Crippen LogP contribution in [-0.2, 0) is 5.41 Å². The molecule has 0 radical (unpaired) electrons. The van der Waals surface area contributed by atoms with Crippen LogP contribution in [0.2, 0.25) is 0 Å². The first-order chi connectivity index (χ1) is 30.0. The predicted octanol–water partition coefficient (Wildman–Crippen LogP) is 14.5. The zero-order valence-corrected chi connectivity index (χ0v) is 33.8. The number of fused-ring (bicyclic) bond motifs is 11. The van der Waals surface area contributed by atoms with Gasteiger partial charge in [-0.3, -0.25) is 0 Å². The van der Waals surface area contributed by atoms with Crippen LogP contribution in [0.1, 0.15) is 44.5 Å². The van der Waals surface area contributed by atoms with E-state index in [1.807, 2.05) is 48.5 Å². The molecule has 0 N–H and O–H groups in total. The molecule has 286 valence electrons. The molecule has 61 heavy (non-hydrogen) atoms. The van der Waals surface area contributed by atoms with Gasteiger partial charge in [-0.2, -0.15) is 10.5 Å². The van der Waals surface area contributed by atoms with Gasteiger partial charge in [0.05, 0.1) is 27.9 Å². The maximum Gasteiger partial charge on any atom is 0.101 e. The van der Waals surface area contributed by atoms with Crippen LogP contribution in [-0.4, -0.2) is 0 Å². The van der Waals surface area contributed by atoms with Crippen molar-refractivity contribution in [3.63, 3.8) is 0 Å². The largest absolute Gasteiger partial charge is 0.309 e. The lowest BCUT2D eigenvalue weighted by Gasteiger charge is -2.32. The number of rotatable bonds is 6. The number of benzene rings is 9. The molecule has 2 aliphatic rings. The maximum atomic E-state index is 10.4. The quantitative estimate of drug-likeness (QED) is 0.169. The van der Waals surface area contributed by atoms with Crippen molar-refractivity contribution in [1.82, 2.24) is 0 Å². The van der Waals surface area contributed by atoms with Crippen LogP contribution in [0.4, 0.5) is 34.1 Å². The highest BCUT2D eigenvalue weighted by molar-refractivity contribution is 6.02. The summed E-state index contributed by atoms with van der Waals surface area (Å²) in [5, 5.41) is 22.9. The third-order valence-corrected chi connectivity index (χ3v) is 12.6. The van der Waals surface area contributed by atoms with E-state index in [-0.39, 0.29) is 0 Å². The van der Waals surface area contributed by atoms with Crippen LogP contribution in [0.15, 0.2) is 194 Å². The fraction of sp³-hybridized carbons (Fsp3) is 0.0526. The van der Waals surface area contributed by atoms with Crippen molar-refractivity contribution in [2.75, 3.05) is 9.80 Å². The van der Waals surface area contributed by atoms with Crippen molar-refractivity contribution in [2.24, 2.45) is 0 Å². The molecule has 2 aliphatic carbocycles. The molecular weight excluding hydrogens is 741 g/mol. The van der Waals surface area contributed by atoms with E-state index < -0.39 is 5.41 Å². The second kappa shape index (κ2) is 14.0. The van der Waals surface area contributed by atoms with Gasteiger partial charge in [-0.25, -0.2) is 0 Å². The first-order valence-electron chi connectivity index (χ1n) is 20.6. The average Bonchev–Trinajstić information content (AvgIpc) is 3.76. The molecule has 1 spiro atoms. The Morgan fingerprint density at radius 3 is 1.36 bits per heavy atom. The standard InChI is InChI=1S/C57H38N4/c1-37-19-24-43(25-20-37)60(55-17-9-3-11-40(55)35-58)45-28-23-39-32-50-49-30-29-46(61(44-26-21-38(2)22-27-44)56-18-10-4-12-41(56)36-59)34-54(49)57(53(50)33-42(39)31-45)51-15-7-5-13-47(51)48-14-6-8-16-52(48)57/h3-34H,1-2H3. The number of hydrogen-bond donors (Lipinski definition) is 0. The van der Waals surface area contributed by atoms with Gasteiger partial charge in [0.25, 0.3) is 0 Å². The number of nitriles is 2.